The smallest absolute Gasteiger partial charge is 0.276 e. The van der Waals surface area contributed by atoms with Crippen LogP contribution >= 0.6 is 0 Å². The van der Waals surface area contributed by atoms with Gasteiger partial charge in [-0.2, -0.15) is 0 Å². The summed E-state index contributed by atoms with van der Waals surface area (Å²) in [5.74, 6) is 0.490. The lowest BCUT2D eigenvalue weighted by Gasteiger charge is -2.02. The van der Waals surface area contributed by atoms with Crippen LogP contribution < -0.4 is 4.74 Å². The lowest BCUT2D eigenvalue weighted by molar-refractivity contribution is -0.385. The SMILES string of the molecule is C=CCc1ccc(OC)cc1[N+](=O)[O-]. The summed E-state index contributed by atoms with van der Waals surface area (Å²) in [4.78, 5) is 10.3. The molecule has 74 valence electrons. The van der Waals surface area contributed by atoms with E-state index >= 15 is 0 Å². The molecule has 0 N–H and O–H groups in total. The van der Waals surface area contributed by atoms with E-state index in [1.807, 2.05) is 0 Å². The first-order valence-corrected chi connectivity index (χ1v) is 4.11. The summed E-state index contributed by atoms with van der Waals surface area (Å²) in [6.07, 6.45) is 2.12. The van der Waals surface area contributed by atoms with E-state index in [0.29, 0.717) is 17.7 Å². The Morgan fingerprint density at radius 1 is 1.64 bits per heavy atom. The standard InChI is InChI=1S/C10H11NO3/c1-3-4-8-5-6-9(14-2)7-10(8)11(12)13/h3,5-7H,1,4H2,2H3. The van der Waals surface area contributed by atoms with Crippen LogP contribution in [0.1, 0.15) is 5.56 Å². The highest BCUT2D eigenvalue weighted by Crippen LogP contribution is 2.24. The Balaban J connectivity index is 3.16. The van der Waals surface area contributed by atoms with Crippen LogP contribution in [0.25, 0.3) is 0 Å². The molecule has 1 aromatic carbocycles. The summed E-state index contributed by atoms with van der Waals surface area (Å²) in [5, 5.41) is 10.7. The number of allylic oxidation sites excluding steroid dienone is 1. The molecule has 0 aliphatic heterocycles. The Morgan fingerprint density at radius 2 is 2.36 bits per heavy atom. The van der Waals surface area contributed by atoms with E-state index < -0.39 is 4.92 Å². The second-order valence-electron chi connectivity index (χ2n) is 2.74. The van der Waals surface area contributed by atoms with Crippen molar-refractivity contribution in [2.24, 2.45) is 0 Å². The Labute approximate surface area is 82.0 Å². The molecule has 0 unspecified atom stereocenters. The van der Waals surface area contributed by atoms with Crippen LogP contribution in [0.15, 0.2) is 30.9 Å². The number of nitrogens with zero attached hydrogens (tertiary/aromatic N) is 1. The van der Waals surface area contributed by atoms with Crippen LogP contribution in [0.3, 0.4) is 0 Å². The minimum Gasteiger partial charge on any atom is -0.497 e. The van der Waals surface area contributed by atoms with Gasteiger partial charge in [-0.05, 0) is 18.6 Å². The second-order valence-corrected chi connectivity index (χ2v) is 2.74. The maximum absolute atomic E-state index is 10.7. The number of rotatable bonds is 4. The molecule has 0 saturated heterocycles. The third-order valence-electron chi connectivity index (χ3n) is 1.85. The van der Waals surface area contributed by atoms with Gasteiger partial charge in [-0.3, -0.25) is 10.1 Å². The van der Waals surface area contributed by atoms with E-state index in [4.69, 9.17) is 4.74 Å². The first-order valence-electron chi connectivity index (χ1n) is 4.11. The molecule has 4 heteroatoms. The Hall–Kier alpha value is -1.84. The zero-order chi connectivity index (χ0) is 10.6. The fourth-order valence-electron chi connectivity index (χ4n) is 1.17. The number of hydrogen-bond donors (Lipinski definition) is 0. The molecule has 0 atom stereocenters. The summed E-state index contributed by atoms with van der Waals surface area (Å²) in [6, 6.07) is 4.79. The highest BCUT2D eigenvalue weighted by Gasteiger charge is 2.13. The molecule has 4 nitrogen and oxygen atoms in total. The molecule has 0 aliphatic carbocycles. The first-order chi connectivity index (χ1) is 6.69. The Kier molecular flexibility index (Phi) is 3.23. The molecule has 0 amide bonds. The second kappa shape index (κ2) is 4.41. The average Bonchev–Trinajstić information content (AvgIpc) is 2.18. The van der Waals surface area contributed by atoms with E-state index in [-0.39, 0.29) is 5.69 Å². The normalized spacial score (nSPS) is 9.50. The zero-order valence-electron chi connectivity index (χ0n) is 7.90. The number of methoxy groups -OCH3 is 1. The van der Waals surface area contributed by atoms with Gasteiger partial charge in [0.1, 0.15) is 5.75 Å². The number of benzene rings is 1. The van der Waals surface area contributed by atoms with E-state index in [9.17, 15) is 10.1 Å². The number of nitro groups is 1. The molecule has 1 aromatic rings. The van der Waals surface area contributed by atoms with Crippen LogP contribution in [-0.2, 0) is 6.42 Å². The van der Waals surface area contributed by atoms with Crippen molar-refractivity contribution in [1.29, 1.82) is 0 Å². The van der Waals surface area contributed by atoms with Crippen molar-refractivity contribution in [3.05, 3.63) is 46.5 Å². The van der Waals surface area contributed by atoms with Crippen molar-refractivity contribution in [3.8, 4) is 5.75 Å². The Bertz CT molecular complexity index is 360. The summed E-state index contributed by atoms with van der Waals surface area (Å²) < 4.78 is 4.91. The van der Waals surface area contributed by atoms with Crippen LogP contribution in [0.4, 0.5) is 5.69 Å². The van der Waals surface area contributed by atoms with Gasteiger partial charge in [-0.25, -0.2) is 0 Å². The maximum atomic E-state index is 10.7. The zero-order valence-corrected chi connectivity index (χ0v) is 7.90. The van der Waals surface area contributed by atoms with Crippen LogP contribution in [0, 0.1) is 10.1 Å². The van der Waals surface area contributed by atoms with Gasteiger partial charge in [0.25, 0.3) is 5.69 Å². The average molecular weight is 193 g/mol. The largest absolute Gasteiger partial charge is 0.497 e. The summed E-state index contributed by atoms with van der Waals surface area (Å²) >= 11 is 0. The van der Waals surface area contributed by atoms with Gasteiger partial charge in [0, 0.05) is 5.56 Å². The lowest BCUT2D eigenvalue weighted by atomic mass is 10.1. The van der Waals surface area contributed by atoms with Gasteiger partial charge in [0.15, 0.2) is 0 Å². The highest BCUT2D eigenvalue weighted by atomic mass is 16.6. The number of hydrogen-bond acceptors (Lipinski definition) is 3. The van der Waals surface area contributed by atoms with Gasteiger partial charge in [-0.1, -0.05) is 6.08 Å². The van der Waals surface area contributed by atoms with Gasteiger partial charge in [-0.15, -0.1) is 6.58 Å². The maximum Gasteiger partial charge on any atom is 0.276 e. The summed E-state index contributed by atoms with van der Waals surface area (Å²) in [6.45, 7) is 3.55. The van der Waals surface area contributed by atoms with Crippen molar-refractivity contribution in [3.63, 3.8) is 0 Å². The molecule has 0 spiro atoms. The minimum absolute atomic E-state index is 0.0734. The molecule has 0 fully saturated rings. The molecule has 14 heavy (non-hydrogen) atoms. The molecule has 0 aromatic heterocycles. The van der Waals surface area contributed by atoms with Crippen molar-refractivity contribution in [2.45, 2.75) is 6.42 Å². The van der Waals surface area contributed by atoms with Crippen molar-refractivity contribution < 1.29 is 9.66 Å². The fourth-order valence-corrected chi connectivity index (χ4v) is 1.17. The molecule has 0 saturated carbocycles. The van der Waals surface area contributed by atoms with Crippen LogP contribution in [-0.4, -0.2) is 12.0 Å². The van der Waals surface area contributed by atoms with Crippen LogP contribution in [0.5, 0.6) is 5.75 Å². The number of nitro benzene ring substituents is 1. The van der Waals surface area contributed by atoms with Gasteiger partial charge >= 0.3 is 0 Å². The van der Waals surface area contributed by atoms with E-state index in [0.717, 1.165) is 0 Å². The quantitative estimate of drug-likeness (QED) is 0.419. The van der Waals surface area contributed by atoms with Crippen molar-refractivity contribution >= 4 is 5.69 Å². The first kappa shape index (κ1) is 10.2. The predicted octanol–water partition coefficient (Wildman–Crippen LogP) is 2.33. The summed E-state index contributed by atoms with van der Waals surface area (Å²) in [5.41, 5.74) is 0.718. The van der Waals surface area contributed by atoms with E-state index in [1.54, 1.807) is 18.2 Å². The number of ether oxygens (including phenoxy) is 1. The van der Waals surface area contributed by atoms with Crippen LogP contribution in [0.2, 0.25) is 0 Å². The molecule has 0 heterocycles. The molecule has 1 rings (SSSR count). The molecular weight excluding hydrogens is 182 g/mol. The van der Waals surface area contributed by atoms with E-state index in [2.05, 4.69) is 6.58 Å². The van der Waals surface area contributed by atoms with E-state index in [1.165, 1.54) is 13.2 Å². The minimum atomic E-state index is -0.415. The molecule has 0 bridgehead atoms. The van der Waals surface area contributed by atoms with Gasteiger partial charge in [0.05, 0.1) is 18.1 Å². The lowest BCUT2D eigenvalue weighted by Crippen LogP contribution is -1.95. The third-order valence-corrected chi connectivity index (χ3v) is 1.85. The Morgan fingerprint density at radius 3 is 2.86 bits per heavy atom. The van der Waals surface area contributed by atoms with Gasteiger partial charge in [0.2, 0.25) is 0 Å². The molecule has 0 radical (unpaired) electrons. The third kappa shape index (κ3) is 2.10. The van der Waals surface area contributed by atoms with Crippen molar-refractivity contribution in [1.82, 2.24) is 0 Å². The monoisotopic (exact) mass is 193 g/mol. The molecular formula is C10H11NO3. The molecule has 0 aliphatic rings. The van der Waals surface area contributed by atoms with Crippen molar-refractivity contribution in [2.75, 3.05) is 7.11 Å². The summed E-state index contributed by atoms with van der Waals surface area (Å²) in [7, 11) is 1.48. The topological polar surface area (TPSA) is 52.4 Å². The highest BCUT2D eigenvalue weighted by molar-refractivity contribution is 5.46. The fraction of sp³-hybridized carbons (Fsp3) is 0.200. The predicted molar refractivity (Wildman–Crippen MR) is 53.5 cm³/mol. The van der Waals surface area contributed by atoms with Gasteiger partial charge < -0.3 is 4.74 Å².